The zero-order chi connectivity index (χ0) is 14.8. The molecule has 2 aromatic carbocycles. The Morgan fingerprint density at radius 1 is 0.952 bits per heavy atom. The average Bonchev–Trinajstić information content (AvgIpc) is 2.53. The molecule has 0 atom stereocenters. The summed E-state index contributed by atoms with van der Waals surface area (Å²) in [4.78, 5) is 4.87. The largest absolute Gasteiger partial charge is 0.493 e. The fourth-order valence-electron chi connectivity index (χ4n) is 1.94. The highest BCUT2D eigenvalue weighted by molar-refractivity contribution is 5.56. The average molecular weight is 283 g/mol. The summed E-state index contributed by atoms with van der Waals surface area (Å²) in [6.45, 7) is 3.11. The predicted molar refractivity (Wildman–Crippen MR) is 85.9 cm³/mol. The van der Waals surface area contributed by atoms with E-state index in [4.69, 9.17) is 9.57 Å². The summed E-state index contributed by atoms with van der Waals surface area (Å²) in [5, 5.41) is 3.78. The van der Waals surface area contributed by atoms with Crippen molar-refractivity contribution in [2.24, 2.45) is 5.16 Å². The number of hydrogen-bond acceptors (Lipinski definition) is 3. The highest BCUT2D eigenvalue weighted by Crippen LogP contribution is 2.15. The van der Waals surface area contributed by atoms with Crippen molar-refractivity contribution in [3.8, 4) is 5.75 Å². The van der Waals surface area contributed by atoms with Crippen LogP contribution < -0.4 is 4.74 Å². The molecule has 21 heavy (non-hydrogen) atoms. The summed E-state index contributed by atoms with van der Waals surface area (Å²) in [5.41, 5.74) is 2.60. The lowest BCUT2D eigenvalue weighted by Gasteiger charge is -2.06. The van der Waals surface area contributed by atoms with Crippen molar-refractivity contribution in [1.82, 2.24) is 0 Å². The topological polar surface area (TPSA) is 30.8 Å². The van der Waals surface area contributed by atoms with E-state index in [1.54, 1.807) is 6.21 Å². The van der Waals surface area contributed by atoms with Crippen LogP contribution in [-0.4, -0.2) is 19.4 Å². The Kier molecular flexibility index (Phi) is 6.33. The van der Waals surface area contributed by atoms with Crippen molar-refractivity contribution in [3.63, 3.8) is 0 Å². The molecular weight excluding hydrogens is 262 g/mol. The highest BCUT2D eigenvalue weighted by atomic mass is 16.6. The maximum absolute atomic E-state index is 5.64. The maximum Gasteiger partial charge on any atom is 0.119 e. The summed E-state index contributed by atoms with van der Waals surface area (Å²) in [7, 11) is 0. The summed E-state index contributed by atoms with van der Waals surface area (Å²) in [6, 6.07) is 18.7. The minimum Gasteiger partial charge on any atom is -0.493 e. The van der Waals surface area contributed by atoms with Gasteiger partial charge in [-0.2, -0.15) is 0 Å². The van der Waals surface area contributed by atoms with Gasteiger partial charge in [0.15, 0.2) is 0 Å². The molecule has 0 aliphatic carbocycles. The van der Waals surface area contributed by atoms with Crippen LogP contribution in [0.1, 0.15) is 24.5 Å². The van der Waals surface area contributed by atoms with Crippen molar-refractivity contribution in [2.75, 3.05) is 13.2 Å². The summed E-state index contributed by atoms with van der Waals surface area (Å²) in [5.74, 6) is 0.886. The van der Waals surface area contributed by atoms with Gasteiger partial charge < -0.3 is 9.57 Å². The van der Waals surface area contributed by atoms with E-state index in [1.807, 2.05) is 25.1 Å². The molecule has 2 aromatic rings. The summed E-state index contributed by atoms with van der Waals surface area (Å²) < 4.78 is 5.64. The molecule has 3 heteroatoms. The minimum atomic E-state index is 0.597. The van der Waals surface area contributed by atoms with E-state index in [1.165, 1.54) is 11.1 Å². The van der Waals surface area contributed by atoms with Crippen molar-refractivity contribution in [1.29, 1.82) is 0 Å². The Bertz CT molecular complexity index is 535. The van der Waals surface area contributed by atoms with E-state index in [9.17, 15) is 0 Å². The zero-order valence-corrected chi connectivity index (χ0v) is 12.4. The molecule has 2 rings (SSSR count). The Balaban J connectivity index is 1.77. The third-order valence-electron chi connectivity index (χ3n) is 2.97. The number of ether oxygens (including phenoxy) is 1. The first-order chi connectivity index (χ1) is 10.4. The van der Waals surface area contributed by atoms with E-state index in [2.05, 4.69) is 41.6 Å². The lowest BCUT2D eigenvalue weighted by atomic mass is 10.1. The number of hydrogen-bond donors (Lipinski definition) is 0. The second-order valence-corrected chi connectivity index (χ2v) is 4.65. The van der Waals surface area contributed by atoms with Gasteiger partial charge in [-0.15, -0.1) is 0 Å². The SMILES string of the molecule is CCO/N=C/CCOc1ccc(Cc2ccccc2)cc1. The van der Waals surface area contributed by atoms with Crippen molar-refractivity contribution in [2.45, 2.75) is 19.8 Å². The molecule has 0 spiro atoms. The van der Waals surface area contributed by atoms with Gasteiger partial charge in [-0.25, -0.2) is 0 Å². The number of oxime groups is 1. The molecular formula is C18H21NO2. The Morgan fingerprint density at radius 2 is 1.67 bits per heavy atom. The first-order valence-electron chi connectivity index (χ1n) is 7.28. The molecule has 0 N–H and O–H groups in total. The van der Waals surface area contributed by atoms with Gasteiger partial charge in [0.05, 0.1) is 6.61 Å². The first kappa shape index (κ1) is 15.1. The lowest BCUT2D eigenvalue weighted by molar-refractivity contribution is 0.159. The minimum absolute atomic E-state index is 0.597. The first-order valence-corrected chi connectivity index (χ1v) is 7.28. The van der Waals surface area contributed by atoms with Gasteiger partial charge in [-0.1, -0.05) is 47.6 Å². The predicted octanol–water partition coefficient (Wildman–Crippen LogP) is 4.07. The van der Waals surface area contributed by atoms with Crippen LogP contribution in [0.3, 0.4) is 0 Å². The molecule has 0 aliphatic heterocycles. The fraction of sp³-hybridized carbons (Fsp3) is 0.278. The normalized spacial score (nSPS) is 10.7. The molecule has 0 unspecified atom stereocenters. The van der Waals surface area contributed by atoms with Gasteiger partial charge in [-0.3, -0.25) is 0 Å². The molecule has 0 fully saturated rings. The van der Waals surface area contributed by atoms with E-state index < -0.39 is 0 Å². The highest BCUT2D eigenvalue weighted by Gasteiger charge is 1.97. The van der Waals surface area contributed by atoms with Crippen LogP contribution in [0.15, 0.2) is 59.8 Å². The molecule has 3 nitrogen and oxygen atoms in total. The van der Waals surface area contributed by atoms with Crippen LogP contribution in [0.25, 0.3) is 0 Å². The van der Waals surface area contributed by atoms with E-state index in [0.717, 1.165) is 18.6 Å². The van der Waals surface area contributed by atoms with Crippen LogP contribution in [0, 0.1) is 0 Å². The van der Waals surface area contributed by atoms with Gasteiger partial charge in [0, 0.05) is 12.6 Å². The molecule has 0 aliphatic rings. The third-order valence-corrected chi connectivity index (χ3v) is 2.97. The van der Waals surface area contributed by atoms with Crippen molar-refractivity contribution >= 4 is 6.21 Å². The molecule has 0 amide bonds. The van der Waals surface area contributed by atoms with Crippen molar-refractivity contribution in [3.05, 3.63) is 65.7 Å². The molecule has 0 bridgehead atoms. The monoisotopic (exact) mass is 283 g/mol. The molecule has 0 saturated heterocycles. The zero-order valence-electron chi connectivity index (χ0n) is 12.4. The quantitative estimate of drug-likeness (QED) is 0.415. The Labute approximate surface area is 126 Å². The Hall–Kier alpha value is -2.29. The van der Waals surface area contributed by atoms with Crippen LogP contribution in [-0.2, 0) is 11.3 Å². The standard InChI is InChI=1S/C18H21NO2/c1-2-21-19-13-6-14-20-18-11-9-17(10-12-18)15-16-7-4-3-5-8-16/h3-5,7-13H,2,6,14-15H2,1H3/b19-13+. The van der Waals surface area contributed by atoms with Crippen LogP contribution in [0.4, 0.5) is 0 Å². The molecule has 0 heterocycles. The van der Waals surface area contributed by atoms with Crippen LogP contribution in [0.5, 0.6) is 5.75 Å². The van der Waals surface area contributed by atoms with Gasteiger partial charge in [-0.05, 0) is 36.6 Å². The van der Waals surface area contributed by atoms with E-state index >= 15 is 0 Å². The number of benzene rings is 2. The smallest absolute Gasteiger partial charge is 0.119 e. The second-order valence-electron chi connectivity index (χ2n) is 4.65. The van der Waals surface area contributed by atoms with Crippen molar-refractivity contribution < 1.29 is 9.57 Å². The lowest BCUT2D eigenvalue weighted by Crippen LogP contribution is -1.98. The molecule has 0 saturated carbocycles. The molecule has 110 valence electrons. The number of nitrogens with zero attached hydrogens (tertiary/aromatic N) is 1. The number of rotatable bonds is 8. The summed E-state index contributed by atoms with van der Waals surface area (Å²) in [6.07, 6.45) is 3.42. The van der Waals surface area contributed by atoms with Crippen LogP contribution >= 0.6 is 0 Å². The van der Waals surface area contributed by atoms with Gasteiger partial charge in [0.25, 0.3) is 0 Å². The van der Waals surface area contributed by atoms with Crippen LogP contribution in [0.2, 0.25) is 0 Å². The van der Waals surface area contributed by atoms with Gasteiger partial charge in [0.2, 0.25) is 0 Å². The molecule has 0 aromatic heterocycles. The van der Waals surface area contributed by atoms with E-state index in [0.29, 0.717) is 13.2 Å². The third kappa shape index (κ3) is 5.69. The Morgan fingerprint density at radius 3 is 2.38 bits per heavy atom. The molecule has 0 radical (unpaired) electrons. The summed E-state index contributed by atoms with van der Waals surface area (Å²) >= 11 is 0. The fourth-order valence-corrected chi connectivity index (χ4v) is 1.94. The maximum atomic E-state index is 5.64. The second kappa shape index (κ2) is 8.80. The van der Waals surface area contributed by atoms with Gasteiger partial charge >= 0.3 is 0 Å². The van der Waals surface area contributed by atoms with E-state index in [-0.39, 0.29) is 0 Å². The van der Waals surface area contributed by atoms with Gasteiger partial charge in [0.1, 0.15) is 12.4 Å².